The first-order chi connectivity index (χ1) is 16.8. The Morgan fingerprint density at radius 3 is 2.63 bits per heavy atom. The number of carbonyl (C=O) groups excluding carboxylic acids is 1. The lowest BCUT2D eigenvalue weighted by atomic mass is 9.87. The van der Waals surface area contributed by atoms with Gasteiger partial charge < -0.3 is 5.32 Å². The lowest BCUT2D eigenvalue weighted by molar-refractivity contribution is -0.137. The van der Waals surface area contributed by atoms with Gasteiger partial charge in [-0.25, -0.2) is 0 Å². The highest BCUT2D eigenvalue weighted by molar-refractivity contribution is 5.94. The maximum atomic E-state index is 12.9. The van der Waals surface area contributed by atoms with Gasteiger partial charge in [0.25, 0.3) is 5.91 Å². The zero-order chi connectivity index (χ0) is 24.5. The van der Waals surface area contributed by atoms with E-state index >= 15 is 0 Å². The number of nitrogens with zero attached hydrogens (tertiary/aromatic N) is 2. The predicted molar refractivity (Wildman–Crippen MR) is 128 cm³/mol. The van der Waals surface area contributed by atoms with Crippen molar-refractivity contribution >= 4 is 12.0 Å². The summed E-state index contributed by atoms with van der Waals surface area (Å²) in [7, 11) is 0. The Hall–Kier alpha value is -3.48. The van der Waals surface area contributed by atoms with Crippen LogP contribution in [0.25, 0.3) is 6.08 Å². The van der Waals surface area contributed by atoms with E-state index in [2.05, 4.69) is 27.4 Å². The molecule has 1 amide bonds. The molecule has 180 valence electrons. The minimum Gasteiger partial charge on any atom is -0.349 e. The van der Waals surface area contributed by atoms with Gasteiger partial charge in [-0.2, -0.15) is 13.2 Å². The number of aromatic nitrogens is 2. The second-order valence-corrected chi connectivity index (χ2v) is 9.45. The van der Waals surface area contributed by atoms with Crippen LogP contribution in [0.1, 0.15) is 71.3 Å². The minimum absolute atomic E-state index is 0.0806. The Kier molecular flexibility index (Phi) is 6.17. The van der Waals surface area contributed by atoms with Gasteiger partial charge in [0.05, 0.1) is 16.8 Å². The molecule has 2 saturated carbocycles. The third kappa shape index (κ3) is 5.14. The topological polar surface area (TPSA) is 54.9 Å². The van der Waals surface area contributed by atoms with Crippen LogP contribution in [0.3, 0.4) is 0 Å². The molecule has 35 heavy (non-hydrogen) atoms. The Labute approximate surface area is 202 Å². The number of pyridine rings is 2. The van der Waals surface area contributed by atoms with E-state index in [-0.39, 0.29) is 17.4 Å². The normalized spacial score (nSPS) is 20.4. The lowest BCUT2D eigenvalue weighted by Gasteiger charge is -2.25. The van der Waals surface area contributed by atoms with Crippen molar-refractivity contribution in [3.05, 3.63) is 101 Å². The van der Waals surface area contributed by atoms with Crippen LogP contribution in [-0.4, -0.2) is 21.9 Å². The molecule has 0 bridgehead atoms. The number of hydrogen-bond donors (Lipinski definition) is 1. The average Bonchev–Trinajstić information content (AvgIpc) is 3.67. The Bertz CT molecular complexity index is 1230. The summed E-state index contributed by atoms with van der Waals surface area (Å²) in [4.78, 5) is 20.7. The molecule has 1 atom stereocenters. The van der Waals surface area contributed by atoms with E-state index in [1.54, 1.807) is 24.5 Å². The van der Waals surface area contributed by atoms with Crippen molar-refractivity contribution in [1.29, 1.82) is 0 Å². The van der Waals surface area contributed by atoms with Gasteiger partial charge in [0.15, 0.2) is 0 Å². The molecule has 2 heterocycles. The number of rotatable bonds is 5. The molecular weight excluding hydrogens is 451 g/mol. The second kappa shape index (κ2) is 9.29. The quantitative estimate of drug-likeness (QED) is 0.467. The molecule has 0 saturated heterocycles. The summed E-state index contributed by atoms with van der Waals surface area (Å²) in [5.74, 6) is -0.105. The van der Waals surface area contributed by atoms with Crippen molar-refractivity contribution in [1.82, 2.24) is 15.3 Å². The number of amides is 1. The molecule has 2 fully saturated rings. The first-order valence-corrected chi connectivity index (χ1v) is 11.9. The van der Waals surface area contributed by atoms with E-state index in [4.69, 9.17) is 0 Å². The van der Waals surface area contributed by atoms with E-state index in [1.165, 1.54) is 11.6 Å². The molecule has 2 aromatic heterocycles. The third-order valence-corrected chi connectivity index (χ3v) is 6.96. The molecule has 0 spiro atoms. The van der Waals surface area contributed by atoms with Crippen molar-refractivity contribution < 1.29 is 18.0 Å². The number of carbonyl (C=O) groups is 1. The van der Waals surface area contributed by atoms with Gasteiger partial charge in [0.2, 0.25) is 0 Å². The van der Waals surface area contributed by atoms with Gasteiger partial charge in [-0.1, -0.05) is 35.9 Å². The predicted octanol–water partition coefficient (Wildman–Crippen LogP) is 6.33. The highest BCUT2D eigenvalue weighted by Gasteiger charge is 2.47. The summed E-state index contributed by atoms with van der Waals surface area (Å²) in [5, 5.41) is 3.13. The molecular formula is C28H26F3N3O. The van der Waals surface area contributed by atoms with Gasteiger partial charge in [-0.05, 0) is 73.9 Å². The molecule has 3 aromatic rings. The van der Waals surface area contributed by atoms with Gasteiger partial charge in [-0.3, -0.25) is 14.8 Å². The van der Waals surface area contributed by atoms with Crippen LogP contribution in [-0.2, 0) is 11.6 Å². The Morgan fingerprint density at radius 1 is 1.09 bits per heavy atom. The number of alkyl halides is 3. The first-order valence-electron chi connectivity index (χ1n) is 11.9. The van der Waals surface area contributed by atoms with Crippen LogP contribution >= 0.6 is 0 Å². The third-order valence-electron chi connectivity index (χ3n) is 6.96. The molecule has 4 nitrogen and oxygen atoms in total. The molecule has 1 unspecified atom stereocenters. The molecule has 7 heteroatoms. The van der Waals surface area contributed by atoms with Gasteiger partial charge in [-0.15, -0.1) is 0 Å². The second-order valence-electron chi connectivity index (χ2n) is 9.45. The molecule has 1 N–H and O–H groups in total. The molecule has 2 aliphatic carbocycles. The van der Waals surface area contributed by atoms with Crippen LogP contribution in [0.5, 0.6) is 0 Å². The van der Waals surface area contributed by atoms with Crippen molar-refractivity contribution in [2.75, 3.05) is 0 Å². The summed E-state index contributed by atoms with van der Waals surface area (Å²) in [5.41, 5.74) is 3.63. The minimum atomic E-state index is -4.39. The summed E-state index contributed by atoms with van der Waals surface area (Å²) in [6, 6.07) is 14.4. The van der Waals surface area contributed by atoms with Crippen molar-refractivity contribution in [3.8, 4) is 0 Å². The number of nitrogens with one attached hydrogen (secondary N) is 1. The number of benzene rings is 1. The SMILES string of the molecule is O=C(NC1CCCC(=Cc2cccc(C3(c4ccc(C(F)(F)F)cn4)CC3)c2)C1)c1cccnc1. The maximum absolute atomic E-state index is 12.9. The monoisotopic (exact) mass is 477 g/mol. The highest BCUT2D eigenvalue weighted by Crippen LogP contribution is 2.53. The molecule has 5 rings (SSSR count). The van der Waals surface area contributed by atoms with E-state index in [9.17, 15) is 18.0 Å². The summed E-state index contributed by atoms with van der Waals surface area (Å²) < 4.78 is 38.8. The van der Waals surface area contributed by atoms with Crippen LogP contribution in [0, 0.1) is 0 Å². The Morgan fingerprint density at radius 2 is 1.94 bits per heavy atom. The van der Waals surface area contributed by atoms with Crippen LogP contribution in [0.15, 0.2) is 72.7 Å². The van der Waals surface area contributed by atoms with E-state index in [0.29, 0.717) is 11.3 Å². The molecule has 0 aliphatic heterocycles. The van der Waals surface area contributed by atoms with E-state index < -0.39 is 11.7 Å². The molecule has 0 radical (unpaired) electrons. The fourth-order valence-electron chi connectivity index (χ4n) is 4.94. The van der Waals surface area contributed by atoms with Crippen LogP contribution in [0.4, 0.5) is 13.2 Å². The zero-order valence-electron chi connectivity index (χ0n) is 19.2. The van der Waals surface area contributed by atoms with Crippen molar-refractivity contribution in [2.24, 2.45) is 0 Å². The maximum Gasteiger partial charge on any atom is 0.417 e. The standard InChI is InChI=1S/C28H26F3N3O/c29-28(30,31)23-9-10-25(33-18-23)27(11-12-27)22-7-1-4-19(15-22)14-20-5-2-8-24(16-20)34-26(35)21-6-3-13-32-17-21/h1,3-4,6-7,9-10,13-15,17-18,24H,2,5,8,11-12,16H2,(H,34,35). The largest absolute Gasteiger partial charge is 0.417 e. The fraction of sp³-hybridized carbons (Fsp3) is 0.321. The van der Waals surface area contributed by atoms with E-state index in [1.807, 2.05) is 18.2 Å². The fourth-order valence-corrected chi connectivity index (χ4v) is 4.94. The Balaban J connectivity index is 1.31. The first kappa shape index (κ1) is 23.3. The summed E-state index contributed by atoms with van der Waals surface area (Å²) in [6.45, 7) is 0. The molecule has 1 aromatic carbocycles. The molecule has 2 aliphatic rings. The highest BCUT2D eigenvalue weighted by atomic mass is 19.4. The van der Waals surface area contributed by atoms with E-state index in [0.717, 1.165) is 61.9 Å². The smallest absolute Gasteiger partial charge is 0.349 e. The summed E-state index contributed by atoms with van der Waals surface area (Å²) >= 11 is 0. The van der Waals surface area contributed by atoms with Gasteiger partial charge >= 0.3 is 6.18 Å². The van der Waals surface area contributed by atoms with Crippen LogP contribution in [0.2, 0.25) is 0 Å². The zero-order valence-corrected chi connectivity index (χ0v) is 19.2. The van der Waals surface area contributed by atoms with Crippen molar-refractivity contribution in [2.45, 2.75) is 56.2 Å². The van der Waals surface area contributed by atoms with Crippen LogP contribution < -0.4 is 5.32 Å². The van der Waals surface area contributed by atoms with Crippen molar-refractivity contribution in [3.63, 3.8) is 0 Å². The van der Waals surface area contributed by atoms with Gasteiger partial charge in [0, 0.05) is 30.0 Å². The average molecular weight is 478 g/mol. The summed E-state index contributed by atoms with van der Waals surface area (Å²) in [6.07, 6.45) is 7.40. The van der Waals surface area contributed by atoms with Gasteiger partial charge in [0.1, 0.15) is 0 Å². The lowest BCUT2D eigenvalue weighted by Crippen LogP contribution is -2.36. The number of halogens is 3. The number of hydrogen-bond acceptors (Lipinski definition) is 3.